The lowest BCUT2D eigenvalue weighted by molar-refractivity contribution is -0.131. The van der Waals surface area contributed by atoms with Gasteiger partial charge in [-0.1, -0.05) is 30.3 Å². The summed E-state index contributed by atoms with van der Waals surface area (Å²) in [5.74, 6) is 1.43. The number of rotatable bonds is 12. The van der Waals surface area contributed by atoms with Gasteiger partial charge in [0.15, 0.2) is 5.82 Å². The molecule has 2 aliphatic rings. The second-order valence-electron chi connectivity index (χ2n) is 14.5. The van der Waals surface area contributed by atoms with Gasteiger partial charge in [-0.2, -0.15) is 10.2 Å². The molecule has 284 valence electrons. The molecule has 0 aliphatic carbocycles. The minimum Gasteiger partial charge on any atom is -0.475 e. The van der Waals surface area contributed by atoms with Gasteiger partial charge < -0.3 is 24.8 Å². The first kappa shape index (κ1) is 38.3. The minimum atomic E-state index is -0.835. The highest BCUT2D eigenvalue weighted by Crippen LogP contribution is 2.29. The predicted octanol–water partition coefficient (Wildman–Crippen LogP) is 5.03. The molecule has 1 saturated heterocycles. The van der Waals surface area contributed by atoms with Crippen LogP contribution in [0.15, 0.2) is 73.2 Å². The molecule has 0 saturated carbocycles. The Hall–Kier alpha value is -5.44. The van der Waals surface area contributed by atoms with E-state index in [1.807, 2.05) is 61.2 Å². The summed E-state index contributed by atoms with van der Waals surface area (Å²) in [5.41, 5.74) is 5.82. The third kappa shape index (κ3) is 9.95. The number of H-pyrrole nitrogens is 1. The Balaban J connectivity index is 0.000000197. The van der Waals surface area contributed by atoms with Crippen LogP contribution in [0.5, 0.6) is 5.88 Å². The van der Waals surface area contributed by atoms with Crippen LogP contribution in [0.3, 0.4) is 0 Å². The van der Waals surface area contributed by atoms with Crippen LogP contribution in [0.25, 0.3) is 39.1 Å². The molecule has 14 heteroatoms. The third-order valence-corrected chi connectivity index (χ3v) is 9.24. The Morgan fingerprint density at radius 3 is 2.50 bits per heavy atom. The summed E-state index contributed by atoms with van der Waals surface area (Å²) in [4.78, 5) is 36.0. The zero-order chi connectivity index (χ0) is 38.2. The summed E-state index contributed by atoms with van der Waals surface area (Å²) >= 11 is 0. The first-order valence-electron chi connectivity index (χ1n) is 18.2. The zero-order valence-corrected chi connectivity index (χ0v) is 31.5. The highest BCUT2D eigenvalue weighted by molar-refractivity contribution is 5.95. The van der Waals surface area contributed by atoms with Crippen molar-refractivity contribution >= 4 is 34.5 Å². The Bertz CT molecular complexity index is 2050. The third-order valence-electron chi connectivity index (χ3n) is 9.24. The van der Waals surface area contributed by atoms with Crippen molar-refractivity contribution in [1.29, 1.82) is 0 Å². The van der Waals surface area contributed by atoms with E-state index in [4.69, 9.17) is 9.47 Å². The van der Waals surface area contributed by atoms with Crippen molar-refractivity contribution in [1.82, 2.24) is 39.7 Å². The number of pyridine rings is 1. The van der Waals surface area contributed by atoms with Gasteiger partial charge in [0.05, 0.1) is 36.4 Å². The van der Waals surface area contributed by atoms with Gasteiger partial charge in [0.2, 0.25) is 18.2 Å². The van der Waals surface area contributed by atoms with Crippen molar-refractivity contribution in [2.24, 2.45) is 0 Å². The molecule has 0 unspecified atom stereocenters. The molecule has 2 aliphatic heterocycles. The molecular weight excluding hydrogens is 686 g/mol. The summed E-state index contributed by atoms with van der Waals surface area (Å²) < 4.78 is 12.6. The maximum Gasteiger partial charge on any atom is 0.237 e. The normalized spacial score (nSPS) is 16.2. The average molecular weight is 736 g/mol. The molecule has 0 bridgehead atoms. The van der Waals surface area contributed by atoms with Gasteiger partial charge in [0, 0.05) is 67.8 Å². The number of fused-ring (bicyclic) bond motifs is 1. The summed E-state index contributed by atoms with van der Waals surface area (Å²) in [6, 6.07) is 17.5. The molecule has 3 aromatic heterocycles. The number of ether oxygens (including phenoxy) is 2. The number of carbonyl (C=O) groups is 2. The summed E-state index contributed by atoms with van der Waals surface area (Å²) in [5, 5.41) is 25.3. The van der Waals surface area contributed by atoms with Crippen LogP contribution >= 0.6 is 0 Å². The number of nitrogens with one attached hydrogen (secondary N) is 2. The molecule has 2 aromatic carbocycles. The largest absolute Gasteiger partial charge is 0.475 e. The van der Waals surface area contributed by atoms with Crippen LogP contribution in [0.4, 0.5) is 5.69 Å². The number of aromatic nitrogens is 6. The van der Waals surface area contributed by atoms with Gasteiger partial charge in [-0.25, -0.2) is 14.6 Å². The first-order valence-corrected chi connectivity index (χ1v) is 18.2. The molecule has 14 nitrogen and oxygen atoms in total. The molecule has 1 fully saturated rings. The van der Waals surface area contributed by atoms with E-state index in [0.717, 1.165) is 65.9 Å². The van der Waals surface area contributed by atoms with Crippen LogP contribution < -0.4 is 10.1 Å². The van der Waals surface area contributed by atoms with Gasteiger partial charge in [0.1, 0.15) is 12.0 Å². The van der Waals surface area contributed by atoms with Crippen molar-refractivity contribution in [2.75, 3.05) is 45.2 Å². The Labute approximate surface area is 315 Å². The fourth-order valence-corrected chi connectivity index (χ4v) is 6.54. The highest BCUT2D eigenvalue weighted by Gasteiger charge is 2.26. The van der Waals surface area contributed by atoms with E-state index in [2.05, 4.69) is 53.7 Å². The Morgan fingerprint density at radius 1 is 1.07 bits per heavy atom. The monoisotopic (exact) mass is 735 g/mol. The molecule has 7 rings (SSSR count). The molecule has 5 heterocycles. The van der Waals surface area contributed by atoms with Gasteiger partial charge in [-0.05, 0) is 75.9 Å². The van der Waals surface area contributed by atoms with E-state index in [1.54, 1.807) is 38.2 Å². The van der Waals surface area contributed by atoms with Crippen LogP contribution in [0, 0.1) is 0 Å². The summed E-state index contributed by atoms with van der Waals surface area (Å²) in [7, 11) is 1.74. The van der Waals surface area contributed by atoms with E-state index in [1.165, 1.54) is 11.1 Å². The number of aromatic amines is 1. The summed E-state index contributed by atoms with van der Waals surface area (Å²) in [6.07, 6.45) is 8.38. The van der Waals surface area contributed by atoms with E-state index in [-0.39, 0.29) is 18.1 Å². The number of methoxy groups -OCH3 is 1. The van der Waals surface area contributed by atoms with Crippen molar-refractivity contribution in [3.8, 4) is 28.5 Å². The number of amides is 2. The molecule has 3 N–H and O–H groups in total. The van der Waals surface area contributed by atoms with Crippen molar-refractivity contribution in [2.45, 2.75) is 64.9 Å². The number of hydrogen-bond donors (Lipinski definition) is 3. The molecule has 54 heavy (non-hydrogen) atoms. The maximum absolute atomic E-state index is 12.7. The van der Waals surface area contributed by atoms with E-state index in [9.17, 15) is 14.7 Å². The lowest BCUT2D eigenvalue weighted by atomic mass is 9.98. The second kappa shape index (κ2) is 17.1. The number of carbonyl (C=O) groups excluding carboxylic acids is 2. The number of nitrogens with zero attached hydrogens (tertiary/aromatic N) is 7. The topological polar surface area (TPSA) is 164 Å². The summed E-state index contributed by atoms with van der Waals surface area (Å²) in [6.45, 7) is 11.5. The van der Waals surface area contributed by atoms with E-state index in [0.29, 0.717) is 37.7 Å². The number of benzene rings is 2. The zero-order valence-electron chi connectivity index (χ0n) is 31.5. The van der Waals surface area contributed by atoms with Crippen molar-refractivity contribution in [3.63, 3.8) is 0 Å². The SMILES string of the molecule is CC(C)Oc1ccc(-c2n[nH]c3ccc(NC=O)cc23)cn1.CO[C@H]1CCN(CC(=O)N2CC=C(c3ccc(-c4ncn(CC(C)(C)O)n4)cc3)CC2)C1. The lowest BCUT2D eigenvalue weighted by Crippen LogP contribution is -2.41. The Kier molecular flexibility index (Phi) is 12.2. The van der Waals surface area contributed by atoms with Crippen molar-refractivity contribution in [3.05, 3.63) is 78.8 Å². The molecule has 2 amide bonds. The number of aliphatic hydroxyl groups is 1. The molecule has 5 aromatic rings. The first-order chi connectivity index (χ1) is 26.0. The lowest BCUT2D eigenvalue weighted by Gasteiger charge is -2.28. The minimum absolute atomic E-state index is 0.0848. The van der Waals surface area contributed by atoms with Gasteiger partial charge in [-0.15, -0.1) is 0 Å². The molecule has 0 spiro atoms. The number of anilines is 1. The molecule has 0 radical (unpaired) electrons. The molecular formula is C40H49N9O5. The maximum atomic E-state index is 12.7. The predicted molar refractivity (Wildman–Crippen MR) is 208 cm³/mol. The quantitative estimate of drug-likeness (QED) is 0.148. The smallest absolute Gasteiger partial charge is 0.237 e. The van der Waals surface area contributed by atoms with Gasteiger partial charge in [-0.3, -0.25) is 19.6 Å². The fraction of sp³-hybridized carbons (Fsp3) is 0.400. The van der Waals surface area contributed by atoms with Crippen LogP contribution in [0.1, 0.15) is 46.1 Å². The number of hydrogen-bond acceptors (Lipinski definition) is 10. The highest BCUT2D eigenvalue weighted by atomic mass is 16.5. The van der Waals surface area contributed by atoms with Crippen molar-refractivity contribution < 1.29 is 24.2 Å². The average Bonchev–Trinajstić information content (AvgIpc) is 3.92. The van der Waals surface area contributed by atoms with E-state index >= 15 is 0 Å². The van der Waals surface area contributed by atoms with Crippen LogP contribution in [-0.4, -0.2) is 115 Å². The van der Waals surface area contributed by atoms with Crippen LogP contribution in [-0.2, 0) is 20.9 Å². The number of likely N-dealkylation sites (tertiary alicyclic amines) is 1. The van der Waals surface area contributed by atoms with Gasteiger partial charge >= 0.3 is 0 Å². The second-order valence-corrected chi connectivity index (χ2v) is 14.5. The molecule has 1 atom stereocenters. The van der Waals surface area contributed by atoms with Crippen LogP contribution in [0.2, 0.25) is 0 Å². The standard InChI is InChI=1S/C24H33N5O3.C16H16N4O2/c1-24(2,31)16-29-17-25-23(26-29)20-6-4-18(5-7-20)19-8-12-28(13-9-19)22(30)15-27-11-10-21(14-27)32-3;1-10(2)22-15-6-3-11(8-17-15)16-13-7-12(18-9-21)4-5-14(13)19-20-16/h4-8,17,21,31H,9-16H2,1-3H3;3-10H,1-2H3,(H,18,21)(H,19,20)/t21-;/m0./s1. The van der Waals surface area contributed by atoms with E-state index < -0.39 is 5.60 Å². The van der Waals surface area contributed by atoms with Gasteiger partial charge in [0.25, 0.3) is 0 Å². The Morgan fingerprint density at radius 2 is 1.85 bits per heavy atom. The fourth-order valence-electron chi connectivity index (χ4n) is 6.54.